The Kier molecular flexibility index (Phi) is 4.05. The van der Waals surface area contributed by atoms with E-state index < -0.39 is 29.8 Å². The fourth-order valence-corrected chi connectivity index (χ4v) is 3.64. The maximum Gasteiger partial charge on any atom is 0.255 e. The quantitative estimate of drug-likeness (QED) is 0.760. The molecule has 5 nitrogen and oxygen atoms in total. The number of ether oxygens (including phenoxy) is 1. The van der Waals surface area contributed by atoms with Gasteiger partial charge in [0.15, 0.2) is 0 Å². The number of hydrogen-bond acceptors (Lipinski definition) is 4. The van der Waals surface area contributed by atoms with Gasteiger partial charge in [-0.2, -0.15) is 0 Å². The Morgan fingerprint density at radius 2 is 2.20 bits per heavy atom. The molecule has 0 radical (unpaired) electrons. The van der Waals surface area contributed by atoms with E-state index in [1.807, 2.05) is 13.8 Å². The molecule has 2 fully saturated rings. The van der Waals surface area contributed by atoms with Gasteiger partial charge in [0.05, 0.1) is 19.3 Å². The number of nitrogens with two attached hydrogens (primary N) is 1. The number of carbonyl (C=O) groups is 1. The summed E-state index contributed by atoms with van der Waals surface area (Å²) in [5, 5.41) is 8.97. The van der Waals surface area contributed by atoms with Gasteiger partial charge in [0.25, 0.3) is 6.43 Å². The van der Waals surface area contributed by atoms with Crippen molar-refractivity contribution in [2.75, 3.05) is 26.3 Å². The Bertz CT molecular complexity index is 392. The van der Waals surface area contributed by atoms with E-state index >= 15 is 0 Å². The molecule has 1 amide bonds. The number of rotatable bonds is 5. The molecule has 3 N–H and O–H groups in total. The summed E-state index contributed by atoms with van der Waals surface area (Å²) in [6, 6.07) is 0. The molecule has 7 heteroatoms. The highest BCUT2D eigenvalue weighted by Gasteiger charge is 2.71. The molecule has 0 aromatic rings. The second-order valence-electron chi connectivity index (χ2n) is 6.14. The minimum absolute atomic E-state index is 0.0982. The van der Waals surface area contributed by atoms with Gasteiger partial charge in [-0.3, -0.25) is 4.79 Å². The third-order valence-corrected chi connectivity index (χ3v) is 4.82. The van der Waals surface area contributed by atoms with Crippen LogP contribution in [0.5, 0.6) is 0 Å². The van der Waals surface area contributed by atoms with Crippen molar-refractivity contribution in [2.45, 2.75) is 38.3 Å². The second kappa shape index (κ2) is 5.20. The molecule has 2 aliphatic rings. The standard InChI is InChI=1S/C13H22F2N2O3/c1-12(2)10-8(3-6-20-10)13(12,16)11(19)17(4-5-18)7-9(14)15/h8-10,18H,3-7,16H2,1-2H3. The van der Waals surface area contributed by atoms with Crippen molar-refractivity contribution in [3.8, 4) is 0 Å². The molecule has 0 aromatic heterocycles. The summed E-state index contributed by atoms with van der Waals surface area (Å²) in [6.07, 6.45) is -2.08. The Hall–Kier alpha value is -0.790. The molecule has 20 heavy (non-hydrogen) atoms. The Labute approximate surface area is 117 Å². The topological polar surface area (TPSA) is 75.8 Å². The first-order valence-corrected chi connectivity index (χ1v) is 6.85. The lowest BCUT2D eigenvalue weighted by atomic mass is 9.47. The summed E-state index contributed by atoms with van der Waals surface area (Å²) >= 11 is 0. The third kappa shape index (κ3) is 2.03. The van der Waals surface area contributed by atoms with Crippen molar-refractivity contribution in [3.63, 3.8) is 0 Å². The van der Waals surface area contributed by atoms with E-state index in [0.29, 0.717) is 13.0 Å². The van der Waals surface area contributed by atoms with Crippen LogP contribution in [-0.4, -0.2) is 60.3 Å². The lowest BCUT2D eigenvalue weighted by Gasteiger charge is -2.61. The van der Waals surface area contributed by atoms with Crippen molar-refractivity contribution < 1.29 is 23.4 Å². The number of aliphatic hydroxyl groups is 1. The van der Waals surface area contributed by atoms with Gasteiger partial charge in [0.1, 0.15) is 5.54 Å². The van der Waals surface area contributed by atoms with Crippen LogP contribution in [0, 0.1) is 11.3 Å². The summed E-state index contributed by atoms with van der Waals surface area (Å²) in [7, 11) is 0. The first-order chi connectivity index (χ1) is 9.26. The van der Waals surface area contributed by atoms with E-state index in [1.165, 1.54) is 0 Å². The normalized spacial score (nSPS) is 34.8. The molecular formula is C13H22F2N2O3. The highest BCUT2D eigenvalue weighted by molar-refractivity contribution is 5.89. The van der Waals surface area contributed by atoms with Gasteiger partial charge in [-0.05, 0) is 6.42 Å². The van der Waals surface area contributed by atoms with Gasteiger partial charge in [-0.15, -0.1) is 0 Å². The van der Waals surface area contributed by atoms with Gasteiger partial charge in [0, 0.05) is 24.5 Å². The average Bonchev–Trinajstić information content (AvgIpc) is 2.84. The van der Waals surface area contributed by atoms with Crippen molar-refractivity contribution in [1.29, 1.82) is 0 Å². The maximum absolute atomic E-state index is 12.6. The van der Waals surface area contributed by atoms with Crippen molar-refractivity contribution >= 4 is 5.91 Å². The molecule has 116 valence electrons. The van der Waals surface area contributed by atoms with Crippen LogP contribution < -0.4 is 5.73 Å². The summed E-state index contributed by atoms with van der Waals surface area (Å²) < 4.78 is 30.8. The second-order valence-corrected chi connectivity index (χ2v) is 6.14. The van der Waals surface area contributed by atoms with Crippen LogP contribution in [0.25, 0.3) is 0 Å². The van der Waals surface area contributed by atoms with Crippen molar-refractivity contribution in [2.24, 2.45) is 17.1 Å². The van der Waals surface area contributed by atoms with Gasteiger partial charge in [0.2, 0.25) is 5.91 Å². The molecule has 0 spiro atoms. The minimum Gasteiger partial charge on any atom is -0.395 e. The molecule has 2 rings (SSSR count). The van der Waals surface area contributed by atoms with E-state index in [4.69, 9.17) is 15.6 Å². The molecule has 1 aliphatic carbocycles. The van der Waals surface area contributed by atoms with Gasteiger partial charge in [-0.1, -0.05) is 13.8 Å². The number of amides is 1. The molecule has 0 aromatic carbocycles. The van der Waals surface area contributed by atoms with Crippen LogP contribution in [-0.2, 0) is 9.53 Å². The summed E-state index contributed by atoms with van der Waals surface area (Å²) in [5.74, 6) is -0.646. The Balaban J connectivity index is 2.21. The van der Waals surface area contributed by atoms with Gasteiger partial charge < -0.3 is 20.5 Å². The molecule has 3 unspecified atom stereocenters. The fraction of sp³-hybridized carbons (Fsp3) is 0.923. The lowest BCUT2D eigenvalue weighted by molar-refractivity contribution is -0.186. The number of alkyl halides is 2. The monoisotopic (exact) mass is 292 g/mol. The maximum atomic E-state index is 12.6. The van der Waals surface area contributed by atoms with Crippen LogP contribution in [0.1, 0.15) is 20.3 Å². The van der Waals surface area contributed by atoms with E-state index in [1.54, 1.807) is 0 Å². The highest BCUT2D eigenvalue weighted by atomic mass is 19.3. The molecule has 1 aliphatic heterocycles. The smallest absolute Gasteiger partial charge is 0.255 e. The van der Waals surface area contributed by atoms with E-state index in [9.17, 15) is 13.6 Å². The molecular weight excluding hydrogens is 270 g/mol. The number of halogens is 2. The molecule has 1 saturated heterocycles. The van der Waals surface area contributed by atoms with E-state index in [-0.39, 0.29) is 25.2 Å². The average molecular weight is 292 g/mol. The number of nitrogens with zero attached hydrogens (tertiary/aromatic N) is 1. The van der Waals surface area contributed by atoms with E-state index in [0.717, 1.165) is 4.90 Å². The van der Waals surface area contributed by atoms with Crippen molar-refractivity contribution in [1.82, 2.24) is 4.90 Å². The Morgan fingerprint density at radius 3 is 2.75 bits per heavy atom. The predicted molar refractivity (Wildman–Crippen MR) is 68.2 cm³/mol. The minimum atomic E-state index is -2.65. The zero-order valence-electron chi connectivity index (χ0n) is 11.8. The zero-order valence-corrected chi connectivity index (χ0v) is 11.8. The first-order valence-electron chi connectivity index (χ1n) is 6.85. The summed E-state index contributed by atoms with van der Waals surface area (Å²) in [4.78, 5) is 13.6. The third-order valence-electron chi connectivity index (χ3n) is 4.82. The molecule has 3 atom stereocenters. The van der Waals surface area contributed by atoms with Crippen LogP contribution in [0.4, 0.5) is 8.78 Å². The Morgan fingerprint density at radius 1 is 1.55 bits per heavy atom. The highest BCUT2D eigenvalue weighted by Crippen LogP contribution is 2.58. The van der Waals surface area contributed by atoms with Gasteiger partial charge >= 0.3 is 0 Å². The SMILES string of the molecule is CC1(C)C2OCCC2C1(N)C(=O)N(CCO)CC(F)F. The summed E-state index contributed by atoms with van der Waals surface area (Å²) in [6.45, 7) is 3.01. The number of carbonyl (C=O) groups excluding carboxylic acids is 1. The molecule has 0 bridgehead atoms. The van der Waals surface area contributed by atoms with Crippen LogP contribution in [0.15, 0.2) is 0 Å². The van der Waals surface area contributed by atoms with Crippen molar-refractivity contribution in [3.05, 3.63) is 0 Å². The van der Waals surface area contributed by atoms with Crippen LogP contribution in [0.2, 0.25) is 0 Å². The van der Waals surface area contributed by atoms with Gasteiger partial charge in [-0.25, -0.2) is 8.78 Å². The number of fused-ring (bicyclic) bond motifs is 1. The van der Waals surface area contributed by atoms with Crippen LogP contribution in [0.3, 0.4) is 0 Å². The number of aliphatic hydroxyl groups excluding tert-OH is 1. The fourth-order valence-electron chi connectivity index (χ4n) is 3.64. The zero-order chi connectivity index (χ0) is 15.1. The first kappa shape index (κ1) is 15.6. The predicted octanol–water partition coefficient (Wildman–Crippen LogP) is 0.215. The molecule has 1 heterocycles. The van der Waals surface area contributed by atoms with Crippen LogP contribution >= 0.6 is 0 Å². The summed E-state index contributed by atoms with van der Waals surface area (Å²) in [5.41, 5.74) is 4.53. The largest absolute Gasteiger partial charge is 0.395 e. The lowest BCUT2D eigenvalue weighted by Crippen LogP contribution is -2.80. The number of hydrogen-bond donors (Lipinski definition) is 2. The van der Waals surface area contributed by atoms with E-state index in [2.05, 4.69) is 0 Å². The molecule has 1 saturated carbocycles.